The lowest BCUT2D eigenvalue weighted by Gasteiger charge is -2.11. The first-order valence-corrected chi connectivity index (χ1v) is 6.97. The van der Waals surface area contributed by atoms with Gasteiger partial charge in [-0.15, -0.1) is 0 Å². The summed E-state index contributed by atoms with van der Waals surface area (Å²) >= 11 is 0. The van der Waals surface area contributed by atoms with E-state index in [-0.39, 0.29) is 6.04 Å². The van der Waals surface area contributed by atoms with Gasteiger partial charge in [0.2, 0.25) is 5.90 Å². The third-order valence-corrected chi connectivity index (χ3v) is 3.76. The lowest BCUT2D eigenvalue weighted by Crippen LogP contribution is -2.13. The molecule has 1 unspecified atom stereocenters. The molecule has 1 aliphatic rings. The van der Waals surface area contributed by atoms with E-state index < -0.39 is 0 Å². The van der Waals surface area contributed by atoms with Gasteiger partial charge in [-0.05, 0) is 17.4 Å². The van der Waals surface area contributed by atoms with Crippen LogP contribution in [-0.2, 0) is 4.74 Å². The van der Waals surface area contributed by atoms with Gasteiger partial charge in [0.25, 0.3) is 0 Å². The van der Waals surface area contributed by atoms with Crippen molar-refractivity contribution in [3.05, 3.63) is 42.0 Å². The lowest BCUT2D eigenvalue weighted by molar-refractivity contribution is 0.291. The normalized spacial score (nSPS) is 18.2. The standard InChI is InChI=1S/C17H19NO2/c1-11(2)15-10-20-17(18-15)14-9-8-12-6-4-5-7-13(12)16(14)19-3/h4-9,11,15H,10H2,1-3H3. The molecule has 0 aliphatic carbocycles. The van der Waals surface area contributed by atoms with Crippen molar-refractivity contribution in [1.82, 2.24) is 0 Å². The van der Waals surface area contributed by atoms with E-state index in [1.807, 2.05) is 18.2 Å². The third-order valence-electron chi connectivity index (χ3n) is 3.76. The molecule has 0 saturated heterocycles. The van der Waals surface area contributed by atoms with Crippen LogP contribution in [-0.4, -0.2) is 25.7 Å². The van der Waals surface area contributed by atoms with Crippen LogP contribution < -0.4 is 4.74 Å². The Hall–Kier alpha value is -2.03. The van der Waals surface area contributed by atoms with Gasteiger partial charge in [-0.2, -0.15) is 0 Å². The van der Waals surface area contributed by atoms with Gasteiger partial charge in [0.05, 0.1) is 18.7 Å². The zero-order valence-electron chi connectivity index (χ0n) is 12.1. The largest absolute Gasteiger partial charge is 0.495 e. The van der Waals surface area contributed by atoms with Crippen molar-refractivity contribution in [3.8, 4) is 5.75 Å². The molecule has 104 valence electrons. The van der Waals surface area contributed by atoms with Crippen LogP contribution in [0.4, 0.5) is 0 Å². The first-order valence-electron chi connectivity index (χ1n) is 6.97. The molecule has 0 amide bonds. The highest BCUT2D eigenvalue weighted by Gasteiger charge is 2.25. The van der Waals surface area contributed by atoms with Crippen LogP contribution in [0.3, 0.4) is 0 Å². The molecule has 0 aromatic heterocycles. The van der Waals surface area contributed by atoms with E-state index in [4.69, 9.17) is 9.47 Å². The summed E-state index contributed by atoms with van der Waals surface area (Å²) in [5.74, 6) is 2.02. The Morgan fingerprint density at radius 3 is 2.70 bits per heavy atom. The first-order chi connectivity index (χ1) is 9.70. The van der Waals surface area contributed by atoms with Crippen molar-refractivity contribution >= 4 is 16.7 Å². The molecule has 2 aromatic carbocycles. The summed E-state index contributed by atoms with van der Waals surface area (Å²) in [6.45, 7) is 4.99. The van der Waals surface area contributed by atoms with Crippen LogP contribution in [0.1, 0.15) is 19.4 Å². The van der Waals surface area contributed by atoms with E-state index in [1.165, 1.54) is 0 Å². The molecule has 3 heteroatoms. The van der Waals surface area contributed by atoms with Crippen molar-refractivity contribution in [2.75, 3.05) is 13.7 Å². The minimum atomic E-state index is 0.237. The van der Waals surface area contributed by atoms with Gasteiger partial charge in [0.15, 0.2) is 0 Å². The van der Waals surface area contributed by atoms with Gasteiger partial charge in [-0.25, -0.2) is 4.99 Å². The molecule has 20 heavy (non-hydrogen) atoms. The number of ether oxygens (including phenoxy) is 2. The Kier molecular flexibility index (Phi) is 3.35. The lowest BCUT2D eigenvalue weighted by atomic mass is 10.0. The Balaban J connectivity index is 2.10. The highest BCUT2D eigenvalue weighted by Crippen LogP contribution is 2.32. The summed E-state index contributed by atoms with van der Waals surface area (Å²) in [5, 5.41) is 2.25. The summed E-state index contributed by atoms with van der Waals surface area (Å²) in [6.07, 6.45) is 0. The number of fused-ring (bicyclic) bond motifs is 1. The van der Waals surface area contributed by atoms with Gasteiger partial charge in [-0.3, -0.25) is 0 Å². The number of rotatable bonds is 3. The predicted octanol–water partition coefficient (Wildman–Crippen LogP) is 3.65. The summed E-state index contributed by atoms with van der Waals surface area (Å²) in [4.78, 5) is 4.69. The quantitative estimate of drug-likeness (QED) is 0.851. The summed E-state index contributed by atoms with van der Waals surface area (Å²) < 4.78 is 11.4. The van der Waals surface area contributed by atoms with Crippen LogP contribution in [0.25, 0.3) is 10.8 Å². The van der Waals surface area contributed by atoms with Crippen LogP contribution in [0.5, 0.6) is 5.75 Å². The molecule has 1 heterocycles. The van der Waals surface area contributed by atoms with E-state index >= 15 is 0 Å². The molecule has 0 fully saturated rings. The number of hydrogen-bond acceptors (Lipinski definition) is 3. The van der Waals surface area contributed by atoms with Crippen LogP contribution >= 0.6 is 0 Å². The molecule has 0 saturated carbocycles. The van der Waals surface area contributed by atoms with E-state index in [9.17, 15) is 0 Å². The number of methoxy groups -OCH3 is 1. The second-order valence-electron chi connectivity index (χ2n) is 5.42. The first kappa shape index (κ1) is 13.0. The monoisotopic (exact) mass is 269 g/mol. The van der Waals surface area contributed by atoms with Gasteiger partial charge in [0, 0.05) is 5.39 Å². The van der Waals surface area contributed by atoms with Crippen molar-refractivity contribution in [3.63, 3.8) is 0 Å². The molecule has 0 radical (unpaired) electrons. The SMILES string of the molecule is COc1c(C2=NC(C(C)C)CO2)ccc2ccccc12. The molecule has 0 spiro atoms. The van der Waals surface area contributed by atoms with Crippen molar-refractivity contribution in [2.24, 2.45) is 10.9 Å². The maximum Gasteiger partial charge on any atom is 0.220 e. The van der Waals surface area contributed by atoms with Gasteiger partial charge in [0.1, 0.15) is 12.4 Å². The number of aliphatic imine (C=N–C) groups is 1. The van der Waals surface area contributed by atoms with Crippen molar-refractivity contribution < 1.29 is 9.47 Å². The fourth-order valence-electron chi connectivity index (χ4n) is 2.51. The molecule has 1 aliphatic heterocycles. The summed E-state index contributed by atoms with van der Waals surface area (Å²) in [5.41, 5.74) is 0.939. The van der Waals surface area contributed by atoms with E-state index in [2.05, 4.69) is 37.0 Å². The highest BCUT2D eigenvalue weighted by molar-refractivity contribution is 6.04. The number of nitrogens with zero attached hydrogens (tertiary/aromatic N) is 1. The Labute approximate surface area is 119 Å². The van der Waals surface area contributed by atoms with E-state index in [0.29, 0.717) is 18.4 Å². The van der Waals surface area contributed by atoms with Crippen LogP contribution in [0, 0.1) is 5.92 Å². The highest BCUT2D eigenvalue weighted by atomic mass is 16.5. The van der Waals surface area contributed by atoms with Gasteiger partial charge >= 0.3 is 0 Å². The Morgan fingerprint density at radius 2 is 2.00 bits per heavy atom. The fraction of sp³-hybridized carbons (Fsp3) is 0.353. The predicted molar refractivity (Wildman–Crippen MR) is 81.6 cm³/mol. The second kappa shape index (κ2) is 5.16. The average molecular weight is 269 g/mol. The molecule has 0 bridgehead atoms. The topological polar surface area (TPSA) is 30.8 Å². The zero-order valence-corrected chi connectivity index (χ0v) is 12.1. The van der Waals surface area contributed by atoms with Crippen molar-refractivity contribution in [1.29, 1.82) is 0 Å². The third kappa shape index (κ3) is 2.13. The minimum absolute atomic E-state index is 0.237. The maximum atomic E-state index is 5.77. The smallest absolute Gasteiger partial charge is 0.220 e. The summed E-state index contributed by atoms with van der Waals surface area (Å²) in [7, 11) is 1.70. The Morgan fingerprint density at radius 1 is 1.20 bits per heavy atom. The minimum Gasteiger partial charge on any atom is -0.495 e. The molecule has 3 rings (SSSR count). The Bertz CT molecular complexity index is 661. The maximum absolute atomic E-state index is 5.77. The molecule has 2 aromatic rings. The number of benzene rings is 2. The molecular formula is C17H19NO2. The second-order valence-corrected chi connectivity index (χ2v) is 5.42. The fourth-order valence-corrected chi connectivity index (χ4v) is 2.51. The van der Waals surface area contributed by atoms with Crippen LogP contribution in [0.2, 0.25) is 0 Å². The van der Waals surface area contributed by atoms with E-state index in [1.54, 1.807) is 7.11 Å². The van der Waals surface area contributed by atoms with E-state index in [0.717, 1.165) is 22.1 Å². The van der Waals surface area contributed by atoms with Crippen LogP contribution in [0.15, 0.2) is 41.4 Å². The average Bonchev–Trinajstić information content (AvgIpc) is 2.95. The molecule has 0 N–H and O–H groups in total. The molecule has 3 nitrogen and oxygen atoms in total. The zero-order chi connectivity index (χ0) is 14.1. The van der Waals surface area contributed by atoms with Gasteiger partial charge < -0.3 is 9.47 Å². The van der Waals surface area contributed by atoms with Gasteiger partial charge in [-0.1, -0.05) is 44.2 Å². The molecule has 1 atom stereocenters. The number of hydrogen-bond donors (Lipinski definition) is 0. The summed E-state index contributed by atoms with van der Waals surface area (Å²) in [6, 6.07) is 12.5. The van der Waals surface area contributed by atoms with Crippen molar-refractivity contribution in [2.45, 2.75) is 19.9 Å². The molecular weight excluding hydrogens is 250 g/mol.